The molecule has 1 fully saturated rings. The van der Waals surface area contributed by atoms with Gasteiger partial charge < -0.3 is 14.8 Å². The fourth-order valence-corrected chi connectivity index (χ4v) is 2.16. The van der Waals surface area contributed by atoms with Crippen LogP contribution in [0.2, 0.25) is 0 Å². The van der Waals surface area contributed by atoms with Crippen molar-refractivity contribution in [2.24, 2.45) is 0 Å². The molecule has 2 aromatic rings. The molecule has 0 aliphatic heterocycles. The number of anilines is 1. The lowest BCUT2D eigenvalue weighted by atomic mass is 9.80. The van der Waals surface area contributed by atoms with Crippen LogP contribution in [0.4, 0.5) is 11.7 Å². The molecule has 1 aromatic heterocycles. The Bertz CT molecular complexity index is 633. The Kier molecular flexibility index (Phi) is 2.63. The van der Waals surface area contributed by atoms with Gasteiger partial charge in [-0.25, -0.2) is 0 Å². The van der Waals surface area contributed by atoms with E-state index >= 15 is 0 Å². The molecule has 7 heteroatoms. The van der Waals surface area contributed by atoms with E-state index in [1.165, 1.54) is 6.07 Å². The summed E-state index contributed by atoms with van der Waals surface area (Å²) in [6.45, 7) is 0.341. The number of aromatic nitrogens is 1. The lowest BCUT2D eigenvalue weighted by molar-refractivity contribution is -0.383. The number of fused-ring (bicyclic) bond motifs is 1. The minimum Gasteiger partial charge on any atom is -0.423 e. The lowest BCUT2D eigenvalue weighted by Gasteiger charge is -2.36. The average Bonchev–Trinajstić information content (AvgIpc) is 2.76. The van der Waals surface area contributed by atoms with Crippen molar-refractivity contribution >= 4 is 22.8 Å². The molecule has 2 N–H and O–H groups in total. The fraction of sp³-hybridized carbons (Fsp3) is 0.417. The lowest BCUT2D eigenvalue weighted by Crippen LogP contribution is -2.43. The number of rotatable bonds is 4. The molecule has 0 saturated heterocycles. The Morgan fingerprint density at radius 2 is 2.32 bits per heavy atom. The molecule has 0 radical (unpaired) electrons. The van der Waals surface area contributed by atoms with Crippen LogP contribution in [-0.4, -0.2) is 27.2 Å². The third-order valence-corrected chi connectivity index (χ3v) is 3.45. The van der Waals surface area contributed by atoms with Crippen molar-refractivity contribution < 1.29 is 14.4 Å². The van der Waals surface area contributed by atoms with Crippen LogP contribution in [0, 0.1) is 10.1 Å². The second-order valence-electron chi connectivity index (χ2n) is 4.83. The standard InChI is InChI=1S/C12H13N3O4/c16-12(5-2-6-12)7-13-11-14-10-8(15(17)18)3-1-4-9(10)19-11/h1,3-4,16H,2,5-7H2,(H,13,14). The second-order valence-corrected chi connectivity index (χ2v) is 4.83. The van der Waals surface area contributed by atoms with Gasteiger partial charge in [0.2, 0.25) is 0 Å². The van der Waals surface area contributed by atoms with E-state index in [9.17, 15) is 15.2 Å². The Morgan fingerprint density at radius 1 is 1.53 bits per heavy atom. The molecule has 1 aromatic carbocycles. The Morgan fingerprint density at radius 3 is 2.95 bits per heavy atom. The summed E-state index contributed by atoms with van der Waals surface area (Å²) < 4.78 is 5.39. The summed E-state index contributed by atoms with van der Waals surface area (Å²) in [5.74, 6) is 0. The quantitative estimate of drug-likeness (QED) is 0.646. The van der Waals surface area contributed by atoms with E-state index in [-0.39, 0.29) is 17.2 Å². The molecule has 0 amide bonds. The molecule has 1 aliphatic rings. The molecule has 1 heterocycles. The van der Waals surface area contributed by atoms with Gasteiger partial charge in [0.1, 0.15) is 0 Å². The molecule has 7 nitrogen and oxygen atoms in total. The third-order valence-electron chi connectivity index (χ3n) is 3.45. The van der Waals surface area contributed by atoms with Gasteiger partial charge in [-0.05, 0) is 25.3 Å². The zero-order chi connectivity index (χ0) is 13.5. The van der Waals surface area contributed by atoms with Crippen molar-refractivity contribution in [3.8, 4) is 0 Å². The number of nitrogens with zero attached hydrogens (tertiary/aromatic N) is 2. The first-order valence-corrected chi connectivity index (χ1v) is 6.08. The number of non-ortho nitro benzene ring substituents is 1. The second kappa shape index (κ2) is 4.20. The van der Waals surface area contributed by atoms with Crippen LogP contribution in [0.5, 0.6) is 0 Å². The van der Waals surface area contributed by atoms with Gasteiger partial charge in [0.15, 0.2) is 11.1 Å². The number of para-hydroxylation sites is 1. The molecule has 3 rings (SSSR count). The van der Waals surface area contributed by atoms with Gasteiger partial charge in [0, 0.05) is 12.6 Å². The maximum Gasteiger partial charge on any atom is 0.298 e. The topological polar surface area (TPSA) is 101 Å². The molecule has 0 bridgehead atoms. The third kappa shape index (κ3) is 2.12. The van der Waals surface area contributed by atoms with E-state index in [0.717, 1.165) is 19.3 Å². The van der Waals surface area contributed by atoms with Crippen LogP contribution in [0.3, 0.4) is 0 Å². The first kappa shape index (κ1) is 11.9. The van der Waals surface area contributed by atoms with Crippen LogP contribution in [0.25, 0.3) is 11.1 Å². The summed E-state index contributed by atoms with van der Waals surface area (Å²) in [4.78, 5) is 14.4. The highest BCUT2D eigenvalue weighted by atomic mass is 16.6. The number of aliphatic hydroxyl groups is 1. The smallest absolute Gasteiger partial charge is 0.298 e. The summed E-state index contributed by atoms with van der Waals surface area (Å²) in [6, 6.07) is 4.76. The predicted octanol–water partition coefficient (Wildman–Crippen LogP) is 2.06. The maximum absolute atomic E-state index is 10.9. The molecule has 0 unspecified atom stereocenters. The van der Waals surface area contributed by atoms with Gasteiger partial charge in [-0.2, -0.15) is 4.98 Å². The van der Waals surface area contributed by atoms with Crippen LogP contribution in [0.15, 0.2) is 22.6 Å². The molecule has 0 atom stereocenters. The zero-order valence-corrected chi connectivity index (χ0v) is 10.1. The van der Waals surface area contributed by atoms with E-state index in [1.54, 1.807) is 12.1 Å². The van der Waals surface area contributed by atoms with Crippen LogP contribution in [0.1, 0.15) is 19.3 Å². The minimum atomic E-state index is -0.702. The average molecular weight is 263 g/mol. The minimum absolute atomic E-state index is 0.0864. The van der Waals surface area contributed by atoms with Gasteiger partial charge in [0.25, 0.3) is 11.7 Å². The van der Waals surface area contributed by atoms with Gasteiger partial charge in [-0.1, -0.05) is 6.07 Å². The number of nitro benzene ring substituents is 1. The van der Waals surface area contributed by atoms with E-state index in [4.69, 9.17) is 4.42 Å². The molecular formula is C12H13N3O4. The van der Waals surface area contributed by atoms with Crippen LogP contribution in [-0.2, 0) is 0 Å². The molecule has 1 aliphatic carbocycles. The maximum atomic E-state index is 10.9. The van der Waals surface area contributed by atoms with Crippen LogP contribution < -0.4 is 5.32 Å². The van der Waals surface area contributed by atoms with Crippen molar-refractivity contribution in [1.29, 1.82) is 0 Å². The van der Waals surface area contributed by atoms with Gasteiger partial charge in [-0.15, -0.1) is 0 Å². The SMILES string of the molecule is O=[N+]([O-])c1cccc2oc(NCC3(O)CCC3)nc12. The summed E-state index contributed by atoms with van der Waals surface area (Å²) in [5.41, 5.74) is -0.211. The summed E-state index contributed by atoms with van der Waals surface area (Å²) in [5, 5.41) is 23.7. The van der Waals surface area contributed by atoms with Crippen molar-refractivity contribution in [3.05, 3.63) is 28.3 Å². The number of hydrogen-bond acceptors (Lipinski definition) is 6. The Hall–Kier alpha value is -2.15. The Balaban J connectivity index is 1.85. The van der Waals surface area contributed by atoms with Crippen LogP contribution >= 0.6 is 0 Å². The summed E-state index contributed by atoms with van der Waals surface area (Å²) in [7, 11) is 0. The molecule has 19 heavy (non-hydrogen) atoms. The number of hydrogen-bond donors (Lipinski definition) is 2. The Labute approximate surface area is 108 Å². The fourth-order valence-electron chi connectivity index (χ4n) is 2.16. The van der Waals surface area contributed by atoms with E-state index in [1.807, 2.05) is 0 Å². The monoisotopic (exact) mass is 263 g/mol. The predicted molar refractivity (Wildman–Crippen MR) is 68.0 cm³/mol. The number of oxazole rings is 1. The highest BCUT2D eigenvalue weighted by Gasteiger charge is 2.34. The van der Waals surface area contributed by atoms with Crippen molar-refractivity contribution in [2.45, 2.75) is 24.9 Å². The van der Waals surface area contributed by atoms with Crippen molar-refractivity contribution in [1.82, 2.24) is 4.98 Å². The molecule has 1 saturated carbocycles. The number of nitrogens with one attached hydrogen (secondary N) is 1. The summed E-state index contributed by atoms with van der Waals surface area (Å²) in [6.07, 6.45) is 2.51. The number of nitro groups is 1. The van der Waals surface area contributed by atoms with Gasteiger partial charge >= 0.3 is 0 Å². The molecular weight excluding hydrogens is 250 g/mol. The summed E-state index contributed by atoms with van der Waals surface area (Å²) >= 11 is 0. The van der Waals surface area contributed by atoms with Crippen molar-refractivity contribution in [3.63, 3.8) is 0 Å². The normalized spacial score (nSPS) is 17.1. The van der Waals surface area contributed by atoms with Crippen molar-refractivity contribution in [2.75, 3.05) is 11.9 Å². The highest BCUT2D eigenvalue weighted by molar-refractivity contribution is 5.83. The molecule has 0 spiro atoms. The van der Waals surface area contributed by atoms with E-state index < -0.39 is 10.5 Å². The van der Waals surface area contributed by atoms with Gasteiger partial charge in [-0.3, -0.25) is 10.1 Å². The first-order chi connectivity index (χ1) is 9.07. The zero-order valence-electron chi connectivity index (χ0n) is 10.1. The van der Waals surface area contributed by atoms with E-state index in [0.29, 0.717) is 12.1 Å². The molecule has 100 valence electrons. The van der Waals surface area contributed by atoms with Gasteiger partial charge in [0.05, 0.1) is 10.5 Å². The first-order valence-electron chi connectivity index (χ1n) is 6.08. The number of benzene rings is 1. The van der Waals surface area contributed by atoms with E-state index in [2.05, 4.69) is 10.3 Å². The highest BCUT2D eigenvalue weighted by Crippen LogP contribution is 2.32. The largest absolute Gasteiger partial charge is 0.423 e.